The molecule has 6 nitrogen and oxygen atoms in total. The van der Waals surface area contributed by atoms with Crippen molar-refractivity contribution in [2.45, 2.75) is 52.0 Å². The molecule has 8 heteroatoms. The molecular formula is C29H32F2N4O2. The van der Waals surface area contributed by atoms with Gasteiger partial charge in [0.1, 0.15) is 5.82 Å². The van der Waals surface area contributed by atoms with Crippen LogP contribution < -0.4 is 9.64 Å². The standard InChI is InChI=1S/C29H32F2N4O2/c1-3-22(20-7-5-4-6-8-20)28(36)35-16-13-25-23(18-35)27(37-26-10-9-21(30)17-24(26)31)33-29(32-25)34-14-11-19(2)12-15-34/h4-10,17,19,22H,3,11-16,18H2,1-2H3/t22-/m1/s1. The maximum atomic E-state index is 14.5. The van der Waals surface area contributed by atoms with E-state index in [2.05, 4.69) is 11.8 Å². The van der Waals surface area contributed by atoms with Crippen LogP contribution in [0.1, 0.15) is 55.8 Å². The number of hydrogen-bond acceptors (Lipinski definition) is 5. The number of aromatic nitrogens is 2. The number of nitrogens with zero attached hydrogens (tertiary/aromatic N) is 4. The summed E-state index contributed by atoms with van der Waals surface area (Å²) in [6.45, 7) is 6.73. The van der Waals surface area contributed by atoms with Crippen molar-refractivity contribution in [3.8, 4) is 11.6 Å². The minimum Gasteiger partial charge on any atom is -0.435 e. The van der Waals surface area contributed by atoms with Gasteiger partial charge in [0, 0.05) is 32.1 Å². The lowest BCUT2D eigenvalue weighted by atomic mass is 9.94. The van der Waals surface area contributed by atoms with E-state index in [1.165, 1.54) is 6.07 Å². The van der Waals surface area contributed by atoms with Gasteiger partial charge in [0.2, 0.25) is 17.7 Å². The molecule has 0 saturated carbocycles. The third-order valence-electron chi connectivity index (χ3n) is 7.40. The molecule has 1 aromatic heterocycles. The number of ether oxygens (including phenoxy) is 1. The zero-order valence-corrected chi connectivity index (χ0v) is 21.3. The van der Waals surface area contributed by atoms with E-state index in [0.29, 0.717) is 36.8 Å². The van der Waals surface area contributed by atoms with Crippen LogP contribution in [0.15, 0.2) is 48.5 Å². The smallest absolute Gasteiger partial charge is 0.230 e. The second-order valence-electron chi connectivity index (χ2n) is 9.98. The second kappa shape index (κ2) is 10.8. The maximum Gasteiger partial charge on any atom is 0.230 e. The number of amides is 1. The van der Waals surface area contributed by atoms with E-state index in [9.17, 15) is 13.6 Å². The van der Waals surface area contributed by atoms with Crippen molar-refractivity contribution < 1.29 is 18.3 Å². The first-order chi connectivity index (χ1) is 17.9. The molecule has 2 aliphatic rings. The molecule has 0 bridgehead atoms. The molecule has 3 heterocycles. The van der Waals surface area contributed by atoms with Gasteiger partial charge in [-0.05, 0) is 42.9 Å². The zero-order valence-electron chi connectivity index (χ0n) is 21.3. The molecule has 2 aromatic carbocycles. The molecule has 2 aliphatic heterocycles. The van der Waals surface area contributed by atoms with Gasteiger partial charge >= 0.3 is 0 Å². The van der Waals surface area contributed by atoms with E-state index < -0.39 is 11.6 Å². The Kier molecular flexibility index (Phi) is 7.35. The average molecular weight is 507 g/mol. The lowest BCUT2D eigenvalue weighted by Crippen LogP contribution is -2.40. The van der Waals surface area contributed by atoms with Crippen LogP contribution in [-0.2, 0) is 17.8 Å². The molecule has 1 fully saturated rings. The monoisotopic (exact) mass is 506 g/mol. The number of halogens is 2. The van der Waals surface area contributed by atoms with Gasteiger partial charge in [-0.1, -0.05) is 44.2 Å². The van der Waals surface area contributed by atoms with Gasteiger partial charge in [-0.25, -0.2) is 13.8 Å². The molecule has 5 rings (SSSR count). The van der Waals surface area contributed by atoms with Gasteiger partial charge in [-0.15, -0.1) is 0 Å². The lowest BCUT2D eigenvalue weighted by molar-refractivity contribution is -0.133. The van der Waals surface area contributed by atoms with Gasteiger partial charge in [-0.2, -0.15) is 4.98 Å². The fraction of sp³-hybridized carbons (Fsp3) is 0.414. The molecular weight excluding hydrogens is 474 g/mol. The Morgan fingerprint density at radius 3 is 2.54 bits per heavy atom. The summed E-state index contributed by atoms with van der Waals surface area (Å²) in [4.78, 5) is 27.1. The van der Waals surface area contributed by atoms with Crippen molar-refractivity contribution in [2.24, 2.45) is 5.92 Å². The van der Waals surface area contributed by atoms with Gasteiger partial charge in [-0.3, -0.25) is 4.79 Å². The quantitative estimate of drug-likeness (QED) is 0.419. The summed E-state index contributed by atoms with van der Waals surface area (Å²) in [5, 5.41) is 0. The molecule has 0 aliphatic carbocycles. The second-order valence-corrected chi connectivity index (χ2v) is 9.98. The van der Waals surface area contributed by atoms with Crippen LogP contribution in [0, 0.1) is 17.6 Å². The van der Waals surface area contributed by atoms with Crippen molar-refractivity contribution in [3.63, 3.8) is 0 Å². The predicted molar refractivity (Wildman–Crippen MR) is 138 cm³/mol. The number of hydrogen-bond donors (Lipinski definition) is 0. The van der Waals surface area contributed by atoms with Crippen molar-refractivity contribution in [1.82, 2.24) is 14.9 Å². The Hall–Kier alpha value is -3.55. The highest BCUT2D eigenvalue weighted by Gasteiger charge is 2.32. The molecule has 1 atom stereocenters. The highest BCUT2D eigenvalue weighted by Crippen LogP contribution is 2.35. The summed E-state index contributed by atoms with van der Waals surface area (Å²) >= 11 is 0. The van der Waals surface area contributed by atoms with Gasteiger partial charge in [0.15, 0.2) is 11.6 Å². The maximum absolute atomic E-state index is 14.5. The molecule has 0 unspecified atom stereocenters. The lowest BCUT2D eigenvalue weighted by Gasteiger charge is -2.34. The van der Waals surface area contributed by atoms with Crippen molar-refractivity contribution in [2.75, 3.05) is 24.5 Å². The van der Waals surface area contributed by atoms with Crippen molar-refractivity contribution >= 4 is 11.9 Å². The summed E-state index contributed by atoms with van der Waals surface area (Å²) in [5.41, 5.74) is 2.45. The summed E-state index contributed by atoms with van der Waals surface area (Å²) in [5.74, 6) is -0.397. The van der Waals surface area contributed by atoms with Crippen LogP contribution in [-0.4, -0.2) is 40.4 Å². The highest BCUT2D eigenvalue weighted by molar-refractivity contribution is 5.84. The third-order valence-corrected chi connectivity index (χ3v) is 7.40. The third kappa shape index (κ3) is 5.43. The van der Waals surface area contributed by atoms with E-state index in [1.54, 1.807) is 0 Å². The van der Waals surface area contributed by atoms with Crippen LogP contribution >= 0.6 is 0 Å². The number of benzene rings is 2. The van der Waals surface area contributed by atoms with Gasteiger partial charge < -0.3 is 14.5 Å². The first-order valence-electron chi connectivity index (χ1n) is 13.0. The average Bonchev–Trinajstić information content (AvgIpc) is 2.91. The Morgan fingerprint density at radius 1 is 1.08 bits per heavy atom. The normalized spacial score (nSPS) is 16.9. The summed E-state index contributed by atoms with van der Waals surface area (Å²) in [6, 6.07) is 13.0. The molecule has 0 N–H and O–H groups in total. The Bertz CT molecular complexity index is 1260. The summed E-state index contributed by atoms with van der Waals surface area (Å²) in [6.07, 6.45) is 3.32. The van der Waals surface area contributed by atoms with Crippen LogP contribution in [0.4, 0.5) is 14.7 Å². The minimum atomic E-state index is -0.806. The fourth-order valence-electron chi connectivity index (χ4n) is 5.11. The van der Waals surface area contributed by atoms with E-state index in [0.717, 1.165) is 49.3 Å². The number of carbonyl (C=O) groups is 1. The van der Waals surface area contributed by atoms with Crippen LogP contribution in [0.25, 0.3) is 0 Å². The molecule has 3 aromatic rings. The minimum absolute atomic E-state index is 0.0346. The number of carbonyl (C=O) groups excluding carboxylic acids is 1. The summed E-state index contributed by atoms with van der Waals surface area (Å²) in [7, 11) is 0. The Morgan fingerprint density at radius 2 is 1.84 bits per heavy atom. The number of fused-ring (bicyclic) bond motifs is 1. The summed E-state index contributed by atoms with van der Waals surface area (Å²) < 4.78 is 34.0. The zero-order chi connectivity index (χ0) is 25.9. The predicted octanol–water partition coefficient (Wildman–Crippen LogP) is 5.86. The van der Waals surface area contributed by atoms with Gasteiger partial charge in [0.25, 0.3) is 0 Å². The molecule has 0 spiro atoms. The molecule has 0 radical (unpaired) electrons. The van der Waals surface area contributed by atoms with Crippen LogP contribution in [0.2, 0.25) is 0 Å². The topological polar surface area (TPSA) is 58.6 Å². The van der Waals surface area contributed by atoms with E-state index >= 15 is 0 Å². The van der Waals surface area contributed by atoms with Crippen LogP contribution in [0.5, 0.6) is 11.6 Å². The first-order valence-corrected chi connectivity index (χ1v) is 13.0. The van der Waals surface area contributed by atoms with E-state index in [4.69, 9.17) is 14.7 Å². The molecule has 1 amide bonds. The SMILES string of the molecule is CC[C@@H](C(=O)N1CCc2nc(N3CCC(C)CC3)nc(Oc3ccc(F)cc3F)c2C1)c1ccccc1. The number of anilines is 1. The molecule has 37 heavy (non-hydrogen) atoms. The Labute approximate surface area is 216 Å². The largest absolute Gasteiger partial charge is 0.435 e. The Balaban J connectivity index is 1.47. The number of piperidine rings is 1. The van der Waals surface area contributed by atoms with Gasteiger partial charge in [0.05, 0.1) is 23.7 Å². The molecule has 194 valence electrons. The van der Waals surface area contributed by atoms with Crippen molar-refractivity contribution in [1.29, 1.82) is 0 Å². The van der Waals surface area contributed by atoms with Crippen molar-refractivity contribution in [3.05, 3.63) is 77.0 Å². The highest BCUT2D eigenvalue weighted by atomic mass is 19.1. The number of rotatable bonds is 6. The first kappa shape index (κ1) is 25.1. The molecule has 1 saturated heterocycles. The fourth-order valence-corrected chi connectivity index (χ4v) is 5.11. The van der Waals surface area contributed by atoms with E-state index in [-0.39, 0.29) is 30.0 Å². The van der Waals surface area contributed by atoms with Crippen LogP contribution in [0.3, 0.4) is 0 Å². The van der Waals surface area contributed by atoms with E-state index in [1.807, 2.05) is 42.2 Å².